The summed E-state index contributed by atoms with van der Waals surface area (Å²) in [5.74, 6) is 1.25. The predicted molar refractivity (Wildman–Crippen MR) is 105 cm³/mol. The van der Waals surface area contributed by atoms with Gasteiger partial charge < -0.3 is 9.47 Å². The van der Waals surface area contributed by atoms with Crippen molar-refractivity contribution in [3.63, 3.8) is 0 Å². The van der Waals surface area contributed by atoms with Crippen LogP contribution in [0.2, 0.25) is 0 Å². The molecule has 0 atom stereocenters. The van der Waals surface area contributed by atoms with E-state index in [2.05, 4.69) is 10.3 Å². The van der Waals surface area contributed by atoms with Crippen LogP contribution in [-0.4, -0.2) is 40.2 Å². The molecular weight excluding hydrogens is 356 g/mol. The molecule has 1 aliphatic heterocycles. The number of methoxy groups -OCH3 is 1. The van der Waals surface area contributed by atoms with Gasteiger partial charge in [0.15, 0.2) is 5.69 Å². The Labute approximate surface area is 163 Å². The summed E-state index contributed by atoms with van der Waals surface area (Å²) in [5, 5.41) is 8.38. The fourth-order valence-corrected chi connectivity index (χ4v) is 3.37. The highest BCUT2D eigenvalue weighted by molar-refractivity contribution is 6.06. The van der Waals surface area contributed by atoms with E-state index in [4.69, 9.17) is 9.47 Å². The van der Waals surface area contributed by atoms with Crippen molar-refractivity contribution in [3.8, 4) is 17.2 Å². The molecule has 0 saturated heterocycles. The number of amides is 1. The molecule has 144 valence electrons. The van der Waals surface area contributed by atoms with Gasteiger partial charge in [0, 0.05) is 0 Å². The standard InChI is InChI=1S/C21H22N4O3/c1-14-19(22-23-25(14)15-9-11-16(27-4)12-10-15)20(26)24-13-21(2,3)28-18-8-6-5-7-17(18)24/h5-12H,13H2,1-4H3. The number of hydrogen-bond donors (Lipinski definition) is 0. The van der Waals surface area contributed by atoms with Crippen molar-refractivity contribution in [2.24, 2.45) is 0 Å². The highest BCUT2D eigenvalue weighted by Gasteiger charge is 2.36. The Kier molecular flexibility index (Phi) is 4.30. The second kappa shape index (κ2) is 6.67. The number of aromatic nitrogens is 3. The lowest BCUT2D eigenvalue weighted by atomic mass is 10.0. The van der Waals surface area contributed by atoms with Gasteiger partial charge in [-0.15, -0.1) is 5.10 Å². The normalized spacial score (nSPS) is 14.9. The largest absolute Gasteiger partial charge is 0.497 e. The minimum Gasteiger partial charge on any atom is -0.497 e. The van der Waals surface area contributed by atoms with Crippen LogP contribution in [-0.2, 0) is 0 Å². The third-order valence-corrected chi connectivity index (χ3v) is 4.74. The molecule has 0 fully saturated rings. The summed E-state index contributed by atoms with van der Waals surface area (Å²) in [5.41, 5.74) is 2.06. The van der Waals surface area contributed by atoms with Crippen molar-refractivity contribution in [1.29, 1.82) is 0 Å². The fourth-order valence-electron chi connectivity index (χ4n) is 3.37. The first-order valence-corrected chi connectivity index (χ1v) is 9.06. The fraction of sp³-hybridized carbons (Fsp3) is 0.286. The third kappa shape index (κ3) is 3.09. The molecule has 3 aromatic rings. The highest BCUT2D eigenvalue weighted by Crippen LogP contribution is 2.37. The Morgan fingerprint density at radius 1 is 1.14 bits per heavy atom. The molecule has 4 rings (SSSR count). The van der Waals surface area contributed by atoms with E-state index in [1.54, 1.807) is 16.7 Å². The van der Waals surface area contributed by atoms with E-state index >= 15 is 0 Å². The summed E-state index contributed by atoms with van der Waals surface area (Å²) in [4.78, 5) is 15.1. The monoisotopic (exact) mass is 378 g/mol. The Balaban J connectivity index is 1.70. The second-order valence-electron chi connectivity index (χ2n) is 7.35. The summed E-state index contributed by atoms with van der Waals surface area (Å²) in [7, 11) is 1.62. The van der Waals surface area contributed by atoms with Crippen molar-refractivity contribution in [2.75, 3.05) is 18.6 Å². The molecule has 1 aromatic heterocycles. The van der Waals surface area contributed by atoms with Crippen LogP contribution in [0.5, 0.6) is 11.5 Å². The Morgan fingerprint density at radius 3 is 2.57 bits per heavy atom. The molecular formula is C21H22N4O3. The summed E-state index contributed by atoms with van der Waals surface area (Å²) in [6, 6.07) is 15.0. The van der Waals surface area contributed by atoms with Gasteiger partial charge in [-0.3, -0.25) is 9.69 Å². The molecule has 0 spiro atoms. The number of para-hydroxylation sites is 2. The molecule has 0 unspecified atom stereocenters. The van der Waals surface area contributed by atoms with Gasteiger partial charge in [0.2, 0.25) is 0 Å². The minimum absolute atomic E-state index is 0.193. The maximum Gasteiger partial charge on any atom is 0.281 e. The van der Waals surface area contributed by atoms with Crippen LogP contribution in [0.1, 0.15) is 30.0 Å². The Hall–Kier alpha value is -3.35. The van der Waals surface area contributed by atoms with Crippen LogP contribution in [0.25, 0.3) is 5.69 Å². The smallest absolute Gasteiger partial charge is 0.281 e. The predicted octanol–water partition coefficient (Wildman–Crippen LogP) is 3.40. The molecule has 7 nitrogen and oxygen atoms in total. The number of carbonyl (C=O) groups excluding carboxylic acids is 1. The second-order valence-corrected chi connectivity index (χ2v) is 7.35. The van der Waals surface area contributed by atoms with E-state index in [9.17, 15) is 4.79 Å². The lowest BCUT2D eigenvalue weighted by molar-refractivity contribution is 0.0832. The molecule has 1 amide bonds. The van der Waals surface area contributed by atoms with Crippen LogP contribution in [0.3, 0.4) is 0 Å². The average molecular weight is 378 g/mol. The van der Waals surface area contributed by atoms with Crippen molar-refractivity contribution in [2.45, 2.75) is 26.4 Å². The first kappa shape index (κ1) is 18.0. The number of rotatable bonds is 3. The van der Waals surface area contributed by atoms with E-state index < -0.39 is 5.60 Å². The molecule has 0 radical (unpaired) electrons. The topological polar surface area (TPSA) is 69.5 Å². The van der Waals surface area contributed by atoms with Crippen molar-refractivity contribution in [1.82, 2.24) is 15.0 Å². The first-order chi connectivity index (χ1) is 13.4. The number of anilines is 1. The van der Waals surface area contributed by atoms with E-state index in [1.807, 2.05) is 69.3 Å². The maximum atomic E-state index is 13.4. The van der Waals surface area contributed by atoms with Crippen LogP contribution in [0.15, 0.2) is 48.5 Å². The van der Waals surface area contributed by atoms with E-state index in [0.717, 1.165) is 17.1 Å². The first-order valence-electron chi connectivity index (χ1n) is 9.06. The van der Waals surface area contributed by atoms with Gasteiger partial charge in [-0.1, -0.05) is 17.3 Å². The number of fused-ring (bicyclic) bond motifs is 1. The van der Waals surface area contributed by atoms with Gasteiger partial charge in [0.25, 0.3) is 5.91 Å². The van der Waals surface area contributed by atoms with Crippen molar-refractivity contribution in [3.05, 3.63) is 59.9 Å². The number of nitrogens with zero attached hydrogens (tertiary/aromatic N) is 4. The molecule has 1 aliphatic rings. The highest BCUT2D eigenvalue weighted by atomic mass is 16.5. The van der Waals surface area contributed by atoms with Crippen LogP contribution >= 0.6 is 0 Å². The van der Waals surface area contributed by atoms with Crippen molar-refractivity contribution >= 4 is 11.6 Å². The van der Waals surface area contributed by atoms with Gasteiger partial charge in [0.1, 0.15) is 17.1 Å². The van der Waals surface area contributed by atoms with Crippen molar-refractivity contribution < 1.29 is 14.3 Å². The SMILES string of the molecule is COc1ccc(-n2nnc(C(=O)N3CC(C)(C)Oc4ccccc43)c2C)cc1. The van der Waals surface area contributed by atoms with Gasteiger partial charge in [0.05, 0.1) is 30.7 Å². The molecule has 0 bridgehead atoms. The maximum absolute atomic E-state index is 13.4. The number of hydrogen-bond acceptors (Lipinski definition) is 5. The van der Waals surface area contributed by atoms with Gasteiger partial charge in [-0.05, 0) is 57.2 Å². The summed E-state index contributed by atoms with van der Waals surface area (Å²) in [6.45, 7) is 6.20. The molecule has 0 aliphatic carbocycles. The van der Waals surface area contributed by atoms with Crippen LogP contribution < -0.4 is 14.4 Å². The molecule has 0 saturated carbocycles. The molecule has 2 heterocycles. The van der Waals surface area contributed by atoms with Gasteiger partial charge >= 0.3 is 0 Å². The zero-order chi connectivity index (χ0) is 19.9. The van der Waals surface area contributed by atoms with Gasteiger partial charge in [-0.25, -0.2) is 4.68 Å². The quantitative estimate of drug-likeness (QED) is 0.699. The lowest BCUT2D eigenvalue weighted by Gasteiger charge is -2.39. The lowest BCUT2D eigenvalue weighted by Crippen LogP contribution is -2.49. The zero-order valence-corrected chi connectivity index (χ0v) is 16.3. The molecule has 2 aromatic carbocycles. The minimum atomic E-state index is -0.496. The zero-order valence-electron chi connectivity index (χ0n) is 16.3. The van der Waals surface area contributed by atoms with Gasteiger partial charge in [-0.2, -0.15) is 0 Å². The van der Waals surface area contributed by atoms with E-state index in [1.165, 1.54) is 0 Å². The van der Waals surface area contributed by atoms with E-state index in [0.29, 0.717) is 23.7 Å². The number of benzene rings is 2. The number of carbonyl (C=O) groups is 1. The summed E-state index contributed by atoms with van der Waals surface area (Å²) < 4.78 is 12.9. The van der Waals surface area contributed by atoms with Crippen LogP contribution in [0, 0.1) is 6.92 Å². The third-order valence-electron chi connectivity index (χ3n) is 4.74. The Morgan fingerprint density at radius 2 is 1.86 bits per heavy atom. The summed E-state index contributed by atoms with van der Waals surface area (Å²) >= 11 is 0. The molecule has 28 heavy (non-hydrogen) atoms. The average Bonchev–Trinajstić information content (AvgIpc) is 3.07. The summed E-state index contributed by atoms with van der Waals surface area (Å²) in [6.07, 6.45) is 0. The molecule has 7 heteroatoms. The Bertz CT molecular complexity index is 1020. The van der Waals surface area contributed by atoms with Crippen LogP contribution in [0.4, 0.5) is 5.69 Å². The van der Waals surface area contributed by atoms with E-state index in [-0.39, 0.29) is 5.91 Å². The number of ether oxygens (including phenoxy) is 2. The molecule has 0 N–H and O–H groups in total.